The second kappa shape index (κ2) is 7.57. The van der Waals surface area contributed by atoms with Gasteiger partial charge in [0.05, 0.1) is 23.3 Å². The Bertz CT molecular complexity index is 849. The summed E-state index contributed by atoms with van der Waals surface area (Å²) < 4.78 is 32.1. The Kier molecular flexibility index (Phi) is 5.69. The van der Waals surface area contributed by atoms with E-state index in [0.717, 1.165) is 0 Å². The Labute approximate surface area is 148 Å². The van der Waals surface area contributed by atoms with Crippen LogP contribution in [-0.2, 0) is 10.0 Å². The second-order valence-corrected chi connectivity index (χ2v) is 7.77. The number of carbonyl (C=O) groups excluding carboxylic acids is 1. The van der Waals surface area contributed by atoms with Crippen molar-refractivity contribution in [3.63, 3.8) is 0 Å². The van der Waals surface area contributed by atoms with E-state index in [-0.39, 0.29) is 22.4 Å². The Morgan fingerprint density at radius 2 is 1.76 bits per heavy atom. The minimum Gasteiger partial charge on any atom is -0.496 e. The number of methoxy groups -OCH3 is 1. The zero-order valence-corrected chi connectivity index (χ0v) is 15.5. The van der Waals surface area contributed by atoms with Crippen molar-refractivity contribution in [2.75, 3.05) is 18.5 Å². The molecule has 0 unspecified atom stereocenters. The number of para-hydroxylation sites is 1. The van der Waals surface area contributed by atoms with E-state index in [1.807, 2.05) is 19.9 Å². The summed E-state index contributed by atoms with van der Waals surface area (Å²) in [6.07, 6.45) is 0. The van der Waals surface area contributed by atoms with Gasteiger partial charge in [0.2, 0.25) is 0 Å². The first kappa shape index (κ1) is 18.8. The Hall–Kier alpha value is -2.54. The van der Waals surface area contributed by atoms with Crippen molar-refractivity contribution in [1.82, 2.24) is 5.32 Å². The minimum absolute atomic E-state index is 0.0218. The van der Waals surface area contributed by atoms with E-state index in [1.165, 1.54) is 36.7 Å². The Morgan fingerprint density at radius 1 is 1.12 bits per heavy atom. The molecule has 0 radical (unpaired) electrons. The van der Waals surface area contributed by atoms with Gasteiger partial charge in [-0.2, -0.15) is 0 Å². The average Bonchev–Trinajstić information content (AvgIpc) is 2.60. The number of anilines is 1. The van der Waals surface area contributed by atoms with Crippen LogP contribution in [0.15, 0.2) is 53.4 Å². The van der Waals surface area contributed by atoms with Gasteiger partial charge in [-0.3, -0.25) is 9.10 Å². The first-order chi connectivity index (χ1) is 11.8. The highest BCUT2D eigenvalue weighted by atomic mass is 32.2. The van der Waals surface area contributed by atoms with Crippen molar-refractivity contribution in [3.8, 4) is 5.75 Å². The summed E-state index contributed by atoms with van der Waals surface area (Å²) in [5, 5.41) is 2.75. The number of benzene rings is 2. The van der Waals surface area contributed by atoms with Crippen LogP contribution in [0.2, 0.25) is 0 Å². The van der Waals surface area contributed by atoms with Gasteiger partial charge < -0.3 is 10.1 Å². The van der Waals surface area contributed by atoms with Gasteiger partial charge in [0, 0.05) is 13.1 Å². The smallest absolute Gasteiger partial charge is 0.264 e. The van der Waals surface area contributed by atoms with Crippen LogP contribution in [-0.4, -0.2) is 34.5 Å². The summed E-state index contributed by atoms with van der Waals surface area (Å²) >= 11 is 0. The van der Waals surface area contributed by atoms with E-state index in [4.69, 9.17) is 4.74 Å². The summed E-state index contributed by atoms with van der Waals surface area (Å²) in [6, 6.07) is 12.9. The number of nitrogens with zero attached hydrogens (tertiary/aromatic N) is 1. The standard InChI is InChI=1S/C18H22N2O4S/c1-13(2)19-18(21)16-12-15(10-11-17(16)24-4)25(22,23)20(3)14-8-6-5-7-9-14/h5-13H,1-4H3,(H,19,21). The minimum atomic E-state index is -3.80. The third-order valence-corrected chi connectivity index (χ3v) is 5.40. The molecule has 0 aliphatic carbocycles. The largest absolute Gasteiger partial charge is 0.496 e. The number of hydrogen-bond donors (Lipinski definition) is 1. The first-order valence-corrected chi connectivity index (χ1v) is 9.24. The maximum absolute atomic E-state index is 12.9. The van der Waals surface area contributed by atoms with E-state index in [2.05, 4.69) is 5.32 Å². The van der Waals surface area contributed by atoms with Gasteiger partial charge in [-0.15, -0.1) is 0 Å². The van der Waals surface area contributed by atoms with E-state index < -0.39 is 10.0 Å². The number of rotatable bonds is 6. The molecule has 0 bridgehead atoms. The van der Waals surface area contributed by atoms with Crippen molar-refractivity contribution >= 4 is 21.6 Å². The number of amides is 1. The molecule has 2 aromatic rings. The third kappa shape index (κ3) is 4.11. The van der Waals surface area contributed by atoms with Crippen LogP contribution >= 0.6 is 0 Å². The van der Waals surface area contributed by atoms with Crippen LogP contribution in [0.5, 0.6) is 5.75 Å². The number of sulfonamides is 1. The van der Waals surface area contributed by atoms with Crippen LogP contribution in [0, 0.1) is 0 Å². The van der Waals surface area contributed by atoms with E-state index in [9.17, 15) is 13.2 Å². The molecule has 0 spiro atoms. The number of hydrogen-bond acceptors (Lipinski definition) is 4. The van der Waals surface area contributed by atoms with Crippen LogP contribution in [0.4, 0.5) is 5.69 Å². The fourth-order valence-corrected chi connectivity index (χ4v) is 3.52. The van der Waals surface area contributed by atoms with Gasteiger partial charge in [-0.1, -0.05) is 18.2 Å². The van der Waals surface area contributed by atoms with Crippen molar-refractivity contribution in [3.05, 3.63) is 54.1 Å². The van der Waals surface area contributed by atoms with E-state index in [1.54, 1.807) is 24.3 Å². The fourth-order valence-electron chi connectivity index (χ4n) is 2.30. The molecule has 0 fully saturated rings. The molecule has 0 saturated heterocycles. The quantitative estimate of drug-likeness (QED) is 0.857. The SMILES string of the molecule is COc1ccc(S(=O)(=O)N(C)c2ccccc2)cc1C(=O)NC(C)C. The van der Waals surface area contributed by atoms with Gasteiger partial charge in [0.25, 0.3) is 15.9 Å². The van der Waals surface area contributed by atoms with Crippen molar-refractivity contribution in [1.29, 1.82) is 0 Å². The predicted octanol–water partition coefficient (Wildman–Crippen LogP) is 2.66. The molecule has 0 aromatic heterocycles. The zero-order chi connectivity index (χ0) is 18.6. The Balaban J connectivity index is 2.46. The van der Waals surface area contributed by atoms with Gasteiger partial charge in [-0.25, -0.2) is 8.42 Å². The lowest BCUT2D eigenvalue weighted by atomic mass is 10.2. The lowest BCUT2D eigenvalue weighted by Crippen LogP contribution is -2.31. The van der Waals surface area contributed by atoms with Crippen LogP contribution in [0.3, 0.4) is 0 Å². The maximum Gasteiger partial charge on any atom is 0.264 e. The van der Waals surface area contributed by atoms with Crippen LogP contribution in [0.1, 0.15) is 24.2 Å². The normalized spacial score (nSPS) is 11.2. The predicted molar refractivity (Wildman–Crippen MR) is 97.6 cm³/mol. The number of carbonyl (C=O) groups is 1. The molecule has 6 nitrogen and oxygen atoms in total. The summed E-state index contributed by atoms with van der Waals surface area (Å²) in [5.74, 6) is -0.0641. The van der Waals surface area contributed by atoms with Crippen LogP contribution in [0.25, 0.3) is 0 Å². The molecule has 1 N–H and O–H groups in total. The van der Waals surface area contributed by atoms with Crippen molar-refractivity contribution < 1.29 is 17.9 Å². The Morgan fingerprint density at radius 3 is 2.32 bits per heavy atom. The third-order valence-electron chi connectivity index (χ3n) is 3.61. The van der Waals surface area contributed by atoms with Crippen molar-refractivity contribution in [2.45, 2.75) is 24.8 Å². The summed E-state index contributed by atoms with van der Waals surface area (Å²) in [5.41, 5.74) is 0.713. The second-order valence-electron chi connectivity index (χ2n) is 5.80. The van der Waals surface area contributed by atoms with E-state index in [0.29, 0.717) is 11.4 Å². The van der Waals surface area contributed by atoms with E-state index >= 15 is 0 Å². The lowest BCUT2D eigenvalue weighted by Gasteiger charge is -2.20. The highest BCUT2D eigenvalue weighted by molar-refractivity contribution is 7.92. The number of nitrogens with one attached hydrogen (secondary N) is 1. The van der Waals surface area contributed by atoms with Crippen LogP contribution < -0.4 is 14.4 Å². The molecule has 134 valence electrons. The van der Waals surface area contributed by atoms with Gasteiger partial charge in [-0.05, 0) is 44.2 Å². The molecule has 0 aliphatic heterocycles. The lowest BCUT2D eigenvalue weighted by molar-refractivity contribution is 0.0940. The molecule has 0 aliphatic rings. The molecule has 7 heteroatoms. The molecule has 2 aromatic carbocycles. The molecule has 2 rings (SSSR count). The fraction of sp³-hybridized carbons (Fsp3) is 0.278. The molecular weight excluding hydrogens is 340 g/mol. The molecule has 25 heavy (non-hydrogen) atoms. The average molecular weight is 362 g/mol. The highest BCUT2D eigenvalue weighted by Crippen LogP contribution is 2.26. The molecule has 0 atom stereocenters. The topological polar surface area (TPSA) is 75.7 Å². The summed E-state index contributed by atoms with van der Waals surface area (Å²) in [4.78, 5) is 12.4. The number of ether oxygens (including phenoxy) is 1. The summed E-state index contributed by atoms with van der Waals surface area (Å²) in [7, 11) is -0.893. The van der Waals surface area contributed by atoms with Gasteiger partial charge in [0.15, 0.2) is 0 Å². The van der Waals surface area contributed by atoms with Crippen molar-refractivity contribution in [2.24, 2.45) is 0 Å². The molecular formula is C18H22N2O4S. The monoisotopic (exact) mass is 362 g/mol. The molecule has 1 amide bonds. The maximum atomic E-state index is 12.9. The zero-order valence-electron chi connectivity index (χ0n) is 14.7. The van der Waals surface area contributed by atoms with Gasteiger partial charge >= 0.3 is 0 Å². The summed E-state index contributed by atoms with van der Waals surface area (Å²) in [6.45, 7) is 3.66. The van der Waals surface area contributed by atoms with Gasteiger partial charge in [0.1, 0.15) is 5.75 Å². The first-order valence-electron chi connectivity index (χ1n) is 7.80. The highest BCUT2D eigenvalue weighted by Gasteiger charge is 2.24. The molecule has 0 saturated carbocycles. The molecule has 0 heterocycles.